The molecule has 1 atom stereocenters. The zero-order valence-electron chi connectivity index (χ0n) is 10.9. The number of hydrogen-bond acceptors (Lipinski definition) is 2. The molecule has 20 heavy (non-hydrogen) atoms. The van der Waals surface area contributed by atoms with Crippen LogP contribution in [0.4, 0.5) is 4.39 Å². The number of aryl methyl sites for hydroxylation is 1. The van der Waals surface area contributed by atoms with E-state index in [-0.39, 0.29) is 18.2 Å². The van der Waals surface area contributed by atoms with Crippen molar-refractivity contribution in [3.8, 4) is 0 Å². The minimum atomic E-state index is -0.155. The van der Waals surface area contributed by atoms with Gasteiger partial charge in [0.25, 0.3) is 0 Å². The highest BCUT2D eigenvalue weighted by atomic mass is 35.5. The molecule has 0 spiro atoms. The van der Waals surface area contributed by atoms with Crippen LogP contribution in [0.3, 0.4) is 0 Å². The second kappa shape index (κ2) is 6.08. The second-order valence-corrected chi connectivity index (χ2v) is 5.36. The van der Waals surface area contributed by atoms with Gasteiger partial charge in [-0.15, -0.1) is 12.4 Å². The minimum absolute atomic E-state index is 0. The maximum atomic E-state index is 13.2. The Morgan fingerprint density at radius 1 is 1.40 bits per heavy atom. The van der Waals surface area contributed by atoms with Gasteiger partial charge in [-0.25, -0.2) is 4.39 Å². The fourth-order valence-corrected chi connectivity index (χ4v) is 3.22. The van der Waals surface area contributed by atoms with Gasteiger partial charge in [-0.2, -0.15) is 0 Å². The molecule has 1 aromatic carbocycles. The molecule has 1 heterocycles. The van der Waals surface area contributed by atoms with Crippen molar-refractivity contribution < 1.29 is 4.39 Å². The Morgan fingerprint density at radius 3 is 2.95 bits per heavy atom. The first-order valence-electron chi connectivity index (χ1n) is 6.45. The van der Waals surface area contributed by atoms with Gasteiger partial charge in [0.1, 0.15) is 5.82 Å². The number of H-pyrrole nitrogens is 1. The number of fused-ring (bicyclic) bond motifs is 1. The molecule has 3 nitrogen and oxygen atoms in total. The number of nitrogens with one attached hydrogen (secondary N) is 1. The summed E-state index contributed by atoms with van der Waals surface area (Å²) in [5, 5.41) is 0. The first kappa shape index (κ1) is 15.2. The van der Waals surface area contributed by atoms with Crippen molar-refractivity contribution in [2.75, 3.05) is 0 Å². The van der Waals surface area contributed by atoms with Crippen LogP contribution >= 0.6 is 24.6 Å². The van der Waals surface area contributed by atoms with E-state index in [9.17, 15) is 4.39 Å². The van der Waals surface area contributed by atoms with Crippen molar-refractivity contribution in [2.24, 2.45) is 5.73 Å². The molecule has 3 rings (SSSR count). The smallest absolute Gasteiger partial charge is 0.177 e. The zero-order chi connectivity index (χ0) is 13.4. The lowest BCUT2D eigenvalue weighted by Gasteiger charge is -2.27. The van der Waals surface area contributed by atoms with E-state index < -0.39 is 0 Å². The Bertz CT molecular complexity index is 665. The molecule has 1 aliphatic carbocycles. The second-order valence-electron chi connectivity index (χ2n) is 4.97. The summed E-state index contributed by atoms with van der Waals surface area (Å²) in [5.74, 6) is -0.155. The zero-order valence-corrected chi connectivity index (χ0v) is 12.6. The van der Waals surface area contributed by atoms with Gasteiger partial charge < -0.3 is 15.3 Å². The van der Waals surface area contributed by atoms with E-state index in [4.69, 9.17) is 18.0 Å². The molecular weight excluding hydrogens is 297 g/mol. The summed E-state index contributed by atoms with van der Waals surface area (Å²) in [4.78, 5) is 3.06. The van der Waals surface area contributed by atoms with E-state index in [0.29, 0.717) is 12.6 Å². The third kappa shape index (κ3) is 2.66. The van der Waals surface area contributed by atoms with Crippen molar-refractivity contribution in [3.63, 3.8) is 0 Å². The van der Waals surface area contributed by atoms with Gasteiger partial charge in [-0.1, -0.05) is 6.07 Å². The Labute approximate surface area is 128 Å². The van der Waals surface area contributed by atoms with Crippen LogP contribution in [0.2, 0.25) is 0 Å². The maximum absolute atomic E-state index is 13.2. The molecule has 1 aromatic heterocycles. The molecule has 0 fully saturated rings. The van der Waals surface area contributed by atoms with Crippen molar-refractivity contribution >= 4 is 24.6 Å². The molecule has 0 saturated heterocycles. The predicted octanol–water partition coefficient (Wildman–Crippen LogP) is 3.30. The molecule has 0 amide bonds. The van der Waals surface area contributed by atoms with Gasteiger partial charge in [0, 0.05) is 18.8 Å². The fraction of sp³-hybridized carbons (Fsp3) is 0.357. The quantitative estimate of drug-likeness (QED) is 0.836. The molecule has 2 aromatic rings. The predicted molar refractivity (Wildman–Crippen MR) is 82.2 cm³/mol. The SMILES string of the molecule is Cl.NCc1c[nH]c(=S)n1[C@H]1CCc2cc(F)ccc2C1. The van der Waals surface area contributed by atoms with Crippen LogP contribution in [0, 0.1) is 10.6 Å². The molecule has 0 radical (unpaired) electrons. The standard InChI is InChI=1S/C14H16FN3S.ClH/c15-11-3-1-10-6-12(4-2-9(10)5-11)18-13(7-16)8-17-14(18)19;/h1,3,5,8,12H,2,4,6-7,16H2,(H,17,19);1H/t12-;/m0./s1. The Balaban J connectivity index is 0.00000147. The highest BCUT2D eigenvalue weighted by Crippen LogP contribution is 2.30. The van der Waals surface area contributed by atoms with Gasteiger partial charge in [-0.3, -0.25) is 0 Å². The number of hydrogen-bond donors (Lipinski definition) is 2. The molecule has 3 N–H and O–H groups in total. The van der Waals surface area contributed by atoms with E-state index in [1.54, 1.807) is 6.07 Å². The summed E-state index contributed by atoms with van der Waals surface area (Å²) in [7, 11) is 0. The monoisotopic (exact) mass is 313 g/mol. The third-order valence-corrected chi connectivity index (χ3v) is 4.15. The van der Waals surface area contributed by atoms with Crippen molar-refractivity contribution in [1.29, 1.82) is 0 Å². The summed E-state index contributed by atoms with van der Waals surface area (Å²) in [6, 6.07) is 5.37. The van der Waals surface area contributed by atoms with Crippen LogP contribution in [-0.2, 0) is 19.4 Å². The van der Waals surface area contributed by atoms with Crippen LogP contribution in [0.1, 0.15) is 29.3 Å². The van der Waals surface area contributed by atoms with Gasteiger partial charge in [0.05, 0.1) is 5.69 Å². The molecule has 6 heteroatoms. The summed E-state index contributed by atoms with van der Waals surface area (Å²) in [6.07, 6.45) is 4.61. The highest BCUT2D eigenvalue weighted by Gasteiger charge is 2.22. The molecule has 108 valence electrons. The molecule has 0 unspecified atom stereocenters. The van der Waals surface area contributed by atoms with Gasteiger partial charge >= 0.3 is 0 Å². The number of imidazole rings is 1. The average molecular weight is 314 g/mol. The molecular formula is C14H17ClFN3S. The van der Waals surface area contributed by atoms with Crippen molar-refractivity contribution in [3.05, 3.63) is 51.8 Å². The lowest BCUT2D eigenvalue weighted by molar-refractivity contribution is 0.426. The first-order valence-corrected chi connectivity index (χ1v) is 6.86. The summed E-state index contributed by atoms with van der Waals surface area (Å²) < 4.78 is 16.0. The third-order valence-electron chi connectivity index (χ3n) is 3.84. The van der Waals surface area contributed by atoms with Crippen LogP contribution in [0.15, 0.2) is 24.4 Å². The van der Waals surface area contributed by atoms with E-state index >= 15 is 0 Å². The maximum Gasteiger partial charge on any atom is 0.177 e. The fourth-order valence-electron chi connectivity index (χ4n) is 2.90. The normalized spacial score (nSPS) is 17.4. The van der Waals surface area contributed by atoms with E-state index in [1.807, 2.05) is 12.3 Å². The Hall–Kier alpha value is -1.17. The number of nitrogens with two attached hydrogens (primary N) is 1. The summed E-state index contributed by atoms with van der Waals surface area (Å²) >= 11 is 5.33. The van der Waals surface area contributed by atoms with Crippen LogP contribution in [0.5, 0.6) is 0 Å². The Kier molecular flexibility index (Phi) is 4.62. The molecule has 0 bridgehead atoms. The number of nitrogens with zero attached hydrogens (tertiary/aromatic N) is 1. The summed E-state index contributed by atoms with van der Waals surface area (Å²) in [6.45, 7) is 0.472. The average Bonchev–Trinajstić information content (AvgIpc) is 2.79. The van der Waals surface area contributed by atoms with Gasteiger partial charge in [-0.05, 0) is 54.7 Å². The Morgan fingerprint density at radius 2 is 2.20 bits per heavy atom. The first-order chi connectivity index (χ1) is 9.19. The molecule has 0 saturated carbocycles. The number of rotatable bonds is 2. The van der Waals surface area contributed by atoms with E-state index in [2.05, 4.69) is 9.55 Å². The van der Waals surface area contributed by atoms with Gasteiger partial charge in [0.2, 0.25) is 0 Å². The number of aromatic nitrogens is 2. The number of benzene rings is 1. The topological polar surface area (TPSA) is 46.7 Å². The number of aromatic amines is 1. The van der Waals surface area contributed by atoms with Crippen LogP contribution < -0.4 is 5.73 Å². The van der Waals surface area contributed by atoms with E-state index in [1.165, 1.54) is 11.6 Å². The van der Waals surface area contributed by atoms with E-state index in [0.717, 1.165) is 35.3 Å². The van der Waals surface area contributed by atoms with Crippen molar-refractivity contribution in [1.82, 2.24) is 9.55 Å². The lowest BCUT2D eigenvalue weighted by Crippen LogP contribution is -2.21. The number of halogens is 2. The van der Waals surface area contributed by atoms with Crippen molar-refractivity contribution in [2.45, 2.75) is 31.8 Å². The van der Waals surface area contributed by atoms with Crippen LogP contribution in [-0.4, -0.2) is 9.55 Å². The van der Waals surface area contributed by atoms with Gasteiger partial charge in [0.15, 0.2) is 4.77 Å². The highest BCUT2D eigenvalue weighted by molar-refractivity contribution is 7.71. The largest absolute Gasteiger partial charge is 0.337 e. The lowest BCUT2D eigenvalue weighted by atomic mass is 9.88. The van der Waals surface area contributed by atoms with Crippen LogP contribution in [0.25, 0.3) is 0 Å². The summed E-state index contributed by atoms with van der Waals surface area (Å²) in [5.41, 5.74) is 9.11. The minimum Gasteiger partial charge on any atom is -0.337 e. The molecule has 1 aliphatic rings. The molecule has 0 aliphatic heterocycles.